The predicted molar refractivity (Wildman–Crippen MR) is 98.7 cm³/mol. The molecule has 0 aromatic heterocycles. The van der Waals surface area contributed by atoms with Gasteiger partial charge in [0.05, 0.1) is 12.4 Å². The second-order valence-corrected chi connectivity index (χ2v) is 8.17. The number of hydrogen-bond acceptors (Lipinski definition) is 6. The van der Waals surface area contributed by atoms with Gasteiger partial charge in [-0.2, -0.15) is 0 Å². The lowest BCUT2D eigenvalue weighted by Gasteiger charge is -2.35. The minimum Gasteiger partial charge on any atom is -0.459 e. The Morgan fingerprint density at radius 1 is 1.28 bits per heavy atom. The van der Waals surface area contributed by atoms with E-state index in [9.17, 15) is 9.59 Å². The number of fused-ring (bicyclic) bond motifs is 1. The van der Waals surface area contributed by atoms with Crippen LogP contribution in [0.1, 0.15) is 20.8 Å². The third kappa shape index (κ3) is 3.68. The molecule has 2 unspecified atom stereocenters. The van der Waals surface area contributed by atoms with Crippen LogP contribution in [0, 0.1) is 0 Å². The number of amides is 1. The monoisotopic (exact) mass is 363 g/mol. The lowest BCUT2D eigenvalue weighted by atomic mass is 10.1. The van der Waals surface area contributed by atoms with Crippen LogP contribution in [0.5, 0.6) is 0 Å². The van der Waals surface area contributed by atoms with Crippen molar-refractivity contribution in [3.8, 4) is 0 Å². The van der Waals surface area contributed by atoms with E-state index in [1.54, 1.807) is 16.7 Å². The summed E-state index contributed by atoms with van der Waals surface area (Å²) >= 11 is 1.61. The van der Waals surface area contributed by atoms with Crippen LogP contribution in [0.3, 0.4) is 0 Å². The van der Waals surface area contributed by atoms with E-state index in [1.165, 1.54) is 0 Å². The van der Waals surface area contributed by atoms with E-state index in [4.69, 9.17) is 4.74 Å². The van der Waals surface area contributed by atoms with Crippen molar-refractivity contribution in [1.29, 1.82) is 0 Å². The van der Waals surface area contributed by atoms with Crippen molar-refractivity contribution in [3.05, 3.63) is 24.3 Å². The molecule has 0 bridgehead atoms. The Morgan fingerprint density at radius 2 is 2.00 bits per heavy atom. The average Bonchev–Trinajstić information content (AvgIpc) is 2.90. The number of para-hydroxylation sites is 1. The molecule has 136 valence electrons. The van der Waals surface area contributed by atoms with Crippen molar-refractivity contribution in [2.45, 2.75) is 43.4 Å². The summed E-state index contributed by atoms with van der Waals surface area (Å²) in [5.74, 6) is -0.250. The molecule has 2 heterocycles. The molecule has 0 radical (unpaired) electrons. The number of rotatable bonds is 3. The fourth-order valence-corrected chi connectivity index (χ4v) is 3.89. The van der Waals surface area contributed by atoms with E-state index < -0.39 is 11.6 Å². The van der Waals surface area contributed by atoms with Crippen LogP contribution in [0.15, 0.2) is 29.2 Å². The second-order valence-electron chi connectivity index (χ2n) is 7.32. The van der Waals surface area contributed by atoms with Crippen molar-refractivity contribution < 1.29 is 14.3 Å². The lowest BCUT2D eigenvalue weighted by molar-refractivity contribution is -0.162. The fourth-order valence-electron chi connectivity index (χ4n) is 3.28. The molecule has 0 aliphatic carbocycles. The Balaban J connectivity index is 1.84. The van der Waals surface area contributed by atoms with Crippen molar-refractivity contribution >= 4 is 29.3 Å². The molecule has 25 heavy (non-hydrogen) atoms. The Hall–Kier alpha value is -1.57. The standard InChI is InChI=1S/C18H25N3O3S/c1-18(2,3)24-17(23)14-10-19-9-13-16(22)21(11-20(13)14)12-7-5-6-8-15(12)25-4/h5-8,13-14,19H,9-11H2,1-4H3. The molecule has 0 spiro atoms. The molecular formula is C18H25N3O3S. The largest absolute Gasteiger partial charge is 0.459 e. The van der Waals surface area contributed by atoms with Gasteiger partial charge in [-0.15, -0.1) is 11.8 Å². The molecule has 0 saturated carbocycles. The highest BCUT2D eigenvalue weighted by Crippen LogP contribution is 2.33. The Labute approximate surface area is 152 Å². The quantitative estimate of drug-likeness (QED) is 0.651. The number of ether oxygens (including phenoxy) is 1. The molecule has 2 aliphatic rings. The summed E-state index contributed by atoms with van der Waals surface area (Å²) in [4.78, 5) is 30.3. The molecule has 1 aromatic rings. The minimum absolute atomic E-state index is 0.0299. The SMILES string of the molecule is CSc1ccccc1N1CN2C(C(=O)OC(C)(C)C)CNCC2C1=O. The van der Waals surface area contributed by atoms with E-state index in [2.05, 4.69) is 5.32 Å². The Bertz CT molecular complexity index is 674. The van der Waals surface area contributed by atoms with Gasteiger partial charge in [0.25, 0.3) is 0 Å². The first-order chi connectivity index (χ1) is 11.8. The van der Waals surface area contributed by atoms with Crippen LogP contribution in [0.4, 0.5) is 5.69 Å². The molecule has 6 nitrogen and oxygen atoms in total. The first-order valence-electron chi connectivity index (χ1n) is 8.45. The maximum atomic E-state index is 12.9. The number of hydrogen-bond donors (Lipinski definition) is 1. The van der Waals surface area contributed by atoms with Gasteiger partial charge in [0.2, 0.25) is 5.91 Å². The van der Waals surface area contributed by atoms with Gasteiger partial charge in [-0.1, -0.05) is 12.1 Å². The highest BCUT2D eigenvalue weighted by molar-refractivity contribution is 7.98. The van der Waals surface area contributed by atoms with Crippen LogP contribution < -0.4 is 10.2 Å². The second kappa shape index (κ2) is 6.97. The zero-order valence-electron chi connectivity index (χ0n) is 15.1. The van der Waals surface area contributed by atoms with E-state index in [0.29, 0.717) is 19.8 Å². The van der Waals surface area contributed by atoms with Crippen LogP contribution >= 0.6 is 11.8 Å². The molecule has 2 saturated heterocycles. The summed E-state index contributed by atoms with van der Waals surface area (Å²) in [6, 6.07) is 7.08. The summed E-state index contributed by atoms with van der Waals surface area (Å²) in [7, 11) is 0. The van der Waals surface area contributed by atoms with Gasteiger partial charge in [0, 0.05) is 18.0 Å². The van der Waals surface area contributed by atoms with Crippen molar-refractivity contribution in [1.82, 2.24) is 10.2 Å². The molecular weight excluding hydrogens is 338 g/mol. The van der Waals surface area contributed by atoms with E-state index >= 15 is 0 Å². The highest BCUT2D eigenvalue weighted by atomic mass is 32.2. The zero-order chi connectivity index (χ0) is 18.2. The Kier molecular flexibility index (Phi) is 5.09. The van der Waals surface area contributed by atoms with Gasteiger partial charge in [0.15, 0.2) is 0 Å². The topological polar surface area (TPSA) is 61.9 Å². The van der Waals surface area contributed by atoms with Gasteiger partial charge < -0.3 is 10.1 Å². The van der Waals surface area contributed by atoms with Crippen LogP contribution in [0.25, 0.3) is 0 Å². The number of carbonyl (C=O) groups excluding carboxylic acids is 2. The predicted octanol–water partition coefficient (Wildman–Crippen LogP) is 1.70. The van der Waals surface area contributed by atoms with E-state index in [-0.39, 0.29) is 17.9 Å². The maximum Gasteiger partial charge on any atom is 0.325 e. The minimum atomic E-state index is -0.543. The molecule has 3 rings (SSSR count). The molecule has 7 heteroatoms. The highest BCUT2D eigenvalue weighted by Gasteiger charge is 2.48. The first kappa shape index (κ1) is 18.2. The van der Waals surface area contributed by atoms with Crippen molar-refractivity contribution in [2.75, 3.05) is 30.9 Å². The molecule has 1 aromatic carbocycles. The zero-order valence-corrected chi connectivity index (χ0v) is 15.9. The molecule has 1 amide bonds. The molecule has 2 fully saturated rings. The Morgan fingerprint density at radius 3 is 2.68 bits per heavy atom. The van der Waals surface area contributed by atoms with Gasteiger partial charge in [-0.3, -0.25) is 19.4 Å². The molecule has 2 aliphatic heterocycles. The van der Waals surface area contributed by atoms with Gasteiger partial charge in [-0.05, 0) is 39.2 Å². The summed E-state index contributed by atoms with van der Waals surface area (Å²) < 4.78 is 5.55. The van der Waals surface area contributed by atoms with Crippen LogP contribution in [-0.2, 0) is 14.3 Å². The number of piperazine rings is 1. The number of esters is 1. The normalized spacial score (nSPS) is 24.3. The van der Waals surface area contributed by atoms with Gasteiger partial charge >= 0.3 is 5.97 Å². The summed E-state index contributed by atoms with van der Waals surface area (Å²) in [6.07, 6.45) is 2.00. The average molecular weight is 363 g/mol. The third-order valence-corrected chi connectivity index (χ3v) is 5.17. The number of nitrogens with one attached hydrogen (secondary N) is 1. The summed E-state index contributed by atoms with van der Waals surface area (Å²) in [5, 5.41) is 3.21. The van der Waals surface area contributed by atoms with Crippen LogP contribution in [0.2, 0.25) is 0 Å². The summed E-state index contributed by atoms with van der Waals surface area (Å²) in [5.41, 5.74) is 0.358. The van der Waals surface area contributed by atoms with Gasteiger partial charge in [0.1, 0.15) is 17.7 Å². The van der Waals surface area contributed by atoms with Crippen molar-refractivity contribution in [3.63, 3.8) is 0 Å². The van der Waals surface area contributed by atoms with Crippen molar-refractivity contribution in [2.24, 2.45) is 0 Å². The number of anilines is 1. The number of nitrogens with zero attached hydrogens (tertiary/aromatic N) is 2. The van der Waals surface area contributed by atoms with E-state index in [1.807, 2.05) is 56.2 Å². The van der Waals surface area contributed by atoms with E-state index in [0.717, 1.165) is 10.6 Å². The smallest absolute Gasteiger partial charge is 0.325 e. The fraction of sp³-hybridized carbons (Fsp3) is 0.556. The lowest BCUT2D eigenvalue weighted by Crippen LogP contribution is -2.60. The third-order valence-electron chi connectivity index (χ3n) is 4.39. The van der Waals surface area contributed by atoms with Gasteiger partial charge in [-0.25, -0.2) is 0 Å². The first-order valence-corrected chi connectivity index (χ1v) is 9.68. The number of benzene rings is 1. The molecule has 1 N–H and O–H groups in total. The number of carbonyl (C=O) groups is 2. The maximum absolute atomic E-state index is 12.9. The number of thioether (sulfide) groups is 1. The summed E-state index contributed by atoms with van der Waals surface area (Å²) in [6.45, 7) is 7.03. The van der Waals surface area contributed by atoms with Crippen LogP contribution in [-0.4, -0.2) is 60.5 Å². The molecule has 2 atom stereocenters.